The van der Waals surface area contributed by atoms with Crippen LogP contribution < -0.4 is 11.1 Å². The molecule has 6 nitrogen and oxygen atoms in total. The first-order valence-electron chi connectivity index (χ1n) is 6.49. The van der Waals surface area contributed by atoms with E-state index in [1.54, 1.807) is 0 Å². The number of hydrogen-bond donors (Lipinski definition) is 2. The minimum atomic E-state index is -0.570. The molecule has 0 aromatic carbocycles. The topological polar surface area (TPSA) is 88.3 Å². The van der Waals surface area contributed by atoms with E-state index in [4.69, 9.17) is 5.73 Å². The number of nitrogens with two attached hydrogens (primary N) is 1. The van der Waals surface area contributed by atoms with Gasteiger partial charge in [0.25, 0.3) is 5.91 Å². The summed E-state index contributed by atoms with van der Waals surface area (Å²) < 4.78 is 12.8. The molecule has 1 saturated heterocycles. The van der Waals surface area contributed by atoms with Crippen LogP contribution in [0.3, 0.4) is 0 Å². The van der Waals surface area contributed by atoms with Gasteiger partial charge in [-0.25, -0.2) is 9.37 Å². The third-order valence-electron chi connectivity index (χ3n) is 3.28. The van der Waals surface area contributed by atoms with Crippen molar-refractivity contribution in [3.05, 3.63) is 29.8 Å². The molecule has 108 valence electrons. The molecule has 2 heterocycles. The molecule has 0 aliphatic carbocycles. The molecule has 7 heteroatoms. The van der Waals surface area contributed by atoms with Gasteiger partial charge in [0, 0.05) is 6.04 Å². The van der Waals surface area contributed by atoms with Crippen LogP contribution in [-0.4, -0.2) is 47.4 Å². The number of pyridine rings is 1. The molecule has 0 unspecified atom stereocenters. The summed E-state index contributed by atoms with van der Waals surface area (Å²) in [6.07, 6.45) is 2.48. The number of halogens is 1. The van der Waals surface area contributed by atoms with Crippen molar-refractivity contribution in [2.24, 2.45) is 5.73 Å². The lowest BCUT2D eigenvalue weighted by atomic mass is 10.0. The average Bonchev–Trinajstić information content (AvgIpc) is 2.45. The number of rotatable bonds is 4. The lowest BCUT2D eigenvalue weighted by Crippen LogP contribution is -2.49. The Kier molecular flexibility index (Phi) is 4.62. The highest BCUT2D eigenvalue weighted by atomic mass is 19.1. The monoisotopic (exact) mass is 280 g/mol. The molecule has 0 radical (unpaired) electrons. The molecule has 0 saturated carbocycles. The second-order valence-corrected chi connectivity index (χ2v) is 4.74. The van der Waals surface area contributed by atoms with Gasteiger partial charge in [-0.2, -0.15) is 0 Å². The molecule has 0 atom stereocenters. The van der Waals surface area contributed by atoms with Crippen LogP contribution in [0.15, 0.2) is 18.3 Å². The molecule has 1 aliphatic rings. The van der Waals surface area contributed by atoms with Gasteiger partial charge in [-0.05, 0) is 38.1 Å². The van der Waals surface area contributed by atoms with Crippen LogP contribution in [0.4, 0.5) is 4.39 Å². The number of nitrogens with one attached hydrogen (secondary N) is 1. The van der Waals surface area contributed by atoms with E-state index in [1.807, 2.05) is 0 Å². The third-order valence-corrected chi connectivity index (χ3v) is 3.28. The van der Waals surface area contributed by atoms with Crippen LogP contribution in [0.1, 0.15) is 23.3 Å². The highest BCUT2D eigenvalue weighted by Crippen LogP contribution is 2.14. The molecule has 1 aromatic rings. The summed E-state index contributed by atoms with van der Waals surface area (Å²) in [5.74, 6) is -1.47. The Morgan fingerprint density at radius 3 is 2.65 bits per heavy atom. The first-order valence-corrected chi connectivity index (χ1v) is 6.49. The zero-order valence-electron chi connectivity index (χ0n) is 11.0. The second kappa shape index (κ2) is 6.42. The van der Waals surface area contributed by atoms with Gasteiger partial charge in [0.2, 0.25) is 5.91 Å². The molecular formula is C13H17FN4O2. The van der Waals surface area contributed by atoms with E-state index in [2.05, 4.69) is 10.3 Å². The van der Waals surface area contributed by atoms with Crippen LogP contribution in [0.2, 0.25) is 0 Å². The predicted molar refractivity (Wildman–Crippen MR) is 70.3 cm³/mol. The quantitative estimate of drug-likeness (QED) is 0.806. The predicted octanol–water partition coefficient (Wildman–Crippen LogP) is -0.0998. The molecule has 2 rings (SSSR count). The maximum Gasteiger partial charge on any atom is 0.273 e. The number of nitrogens with zero attached hydrogens (tertiary/aromatic N) is 2. The molecule has 20 heavy (non-hydrogen) atoms. The molecule has 2 amide bonds. The number of carbonyl (C=O) groups is 2. The van der Waals surface area contributed by atoms with Crippen molar-refractivity contribution < 1.29 is 14.0 Å². The van der Waals surface area contributed by atoms with Crippen LogP contribution in [0.25, 0.3) is 0 Å². The zero-order valence-corrected chi connectivity index (χ0v) is 11.0. The summed E-state index contributed by atoms with van der Waals surface area (Å²) in [7, 11) is 0. The van der Waals surface area contributed by atoms with Crippen molar-refractivity contribution in [3.63, 3.8) is 0 Å². The van der Waals surface area contributed by atoms with Gasteiger partial charge in [-0.3, -0.25) is 9.59 Å². The lowest BCUT2D eigenvalue weighted by Gasteiger charge is -2.33. The number of carbonyl (C=O) groups excluding carboxylic acids is 2. The first-order chi connectivity index (χ1) is 9.58. The Labute approximate surface area is 116 Å². The van der Waals surface area contributed by atoms with Crippen molar-refractivity contribution in [2.75, 3.05) is 19.6 Å². The number of aromatic nitrogens is 1. The normalized spacial score (nSPS) is 15.8. The summed E-state index contributed by atoms with van der Waals surface area (Å²) in [4.78, 5) is 28.8. The van der Waals surface area contributed by atoms with Gasteiger partial charge in [-0.15, -0.1) is 0 Å². The SMILES string of the molecule is NC(=O)CN(C(=O)c1ccc(F)cn1)C1CCNCC1. The van der Waals surface area contributed by atoms with Crippen LogP contribution in [0.5, 0.6) is 0 Å². The maximum absolute atomic E-state index is 12.8. The fourth-order valence-corrected chi connectivity index (χ4v) is 2.30. The van der Waals surface area contributed by atoms with Gasteiger partial charge in [0.15, 0.2) is 0 Å². The minimum absolute atomic E-state index is 0.0527. The van der Waals surface area contributed by atoms with E-state index in [1.165, 1.54) is 17.0 Å². The van der Waals surface area contributed by atoms with E-state index in [-0.39, 0.29) is 18.3 Å². The van der Waals surface area contributed by atoms with Crippen LogP contribution in [0, 0.1) is 5.82 Å². The van der Waals surface area contributed by atoms with E-state index in [0.717, 1.165) is 32.1 Å². The highest BCUT2D eigenvalue weighted by Gasteiger charge is 2.28. The van der Waals surface area contributed by atoms with Crippen molar-refractivity contribution in [3.8, 4) is 0 Å². The van der Waals surface area contributed by atoms with Crippen molar-refractivity contribution >= 4 is 11.8 Å². The summed E-state index contributed by atoms with van der Waals surface area (Å²) >= 11 is 0. The molecule has 0 bridgehead atoms. The first kappa shape index (κ1) is 14.4. The number of piperidine rings is 1. The summed E-state index contributed by atoms with van der Waals surface area (Å²) in [5.41, 5.74) is 5.33. The van der Waals surface area contributed by atoms with E-state index in [9.17, 15) is 14.0 Å². The fraction of sp³-hybridized carbons (Fsp3) is 0.462. The molecule has 1 aliphatic heterocycles. The van der Waals surface area contributed by atoms with Gasteiger partial charge in [0.05, 0.1) is 12.7 Å². The maximum atomic E-state index is 12.8. The fourth-order valence-electron chi connectivity index (χ4n) is 2.30. The summed E-state index contributed by atoms with van der Waals surface area (Å²) in [6, 6.07) is 2.43. The Morgan fingerprint density at radius 1 is 1.40 bits per heavy atom. The molecule has 3 N–H and O–H groups in total. The zero-order chi connectivity index (χ0) is 14.5. The standard InChI is InChI=1S/C13H17FN4O2/c14-9-1-2-11(17-7-9)13(20)18(8-12(15)19)10-3-5-16-6-4-10/h1-2,7,10,16H,3-6,8H2,(H2,15,19). The van der Waals surface area contributed by atoms with Crippen LogP contribution >= 0.6 is 0 Å². The Hall–Kier alpha value is -2.02. The third kappa shape index (κ3) is 3.51. The lowest BCUT2D eigenvalue weighted by molar-refractivity contribution is -0.119. The van der Waals surface area contributed by atoms with Gasteiger partial charge in [0.1, 0.15) is 11.5 Å². The number of amides is 2. The largest absolute Gasteiger partial charge is 0.368 e. The summed E-state index contributed by atoms with van der Waals surface area (Å²) in [5, 5.41) is 3.19. The Bertz CT molecular complexity index is 486. The Morgan fingerprint density at radius 2 is 2.10 bits per heavy atom. The molecule has 1 fully saturated rings. The molecule has 0 spiro atoms. The van der Waals surface area contributed by atoms with Gasteiger partial charge in [-0.1, -0.05) is 0 Å². The Balaban J connectivity index is 2.18. The van der Waals surface area contributed by atoms with Gasteiger partial charge < -0.3 is 16.0 Å². The second-order valence-electron chi connectivity index (χ2n) is 4.74. The number of primary amides is 1. The van der Waals surface area contributed by atoms with Crippen molar-refractivity contribution in [1.29, 1.82) is 0 Å². The summed E-state index contributed by atoms with van der Waals surface area (Å²) in [6.45, 7) is 1.41. The van der Waals surface area contributed by atoms with E-state index >= 15 is 0 Å². The van der Waals surface area contributed by atoms with E-state index < -0.39 is 17.6 Å². The van der Waals surface area contributed by atoms with Gasteiger partial charge >= 0.3 is 0 Å². The molecular weight excluding hydrogens is 263 g/mol. The number of hydrogen-bond acceptors (Lipinski definition) is 4. The van der Waals surface area contributed by atoms with E-state index in [0.29, 0.717) is 0 Å². The van der Waals surface area contributed by atoms with Crippen LogP contribution in [-0.2, 0) is 4.79 Å². The smallest absolute Gasteiger partial charge is 0.273 e. The molecule has 1 aromatic heterocycles. The van der Waals surface area contributed by atoms with Crippen molar-refractivity contribution in [2.45, 2.75) is 18.9 Å². The van der Waals surface area contributed by atoms with Crippen molar-refractivity contribution in [1.82, 2.24) is 15.2 Å². The minimum Gasteiger partial charge on any atom is -0.368 e. The average molecular weight is 280 g/mol. The highest BCUT2D eigenvalue weighted by molar-refractivity contribution is 5.94.